The molecule has 0 atom stereocenters. The molecule has 0 bridgehead atoms. The highest BCUT2D eigenvalue weighted by Gasteiger charge is 2.21. The Kier molecular flexibility index (Phi) is 4.49. The fourth-order valence-corrected chi connectivity index (χ4v) is 3.20. The predicted octanol–water partition coefficient (Wildman–Crippen LogP) is 1.19. The van der Waals surface area contributed by atoms with E-state index in [-0.39, 0.29) is 5.91 Å². The number of aromatic nitrogens is 4. The lowest BCUT2D eigenvalue weighted by atomic mass is 10.3. The van der Waals surface area contributed by atoms with Crippen molar-refractivity contribution >= 4 is 23.2 Å². The Balaban J connectivity index is 1.36. The third-order valence-electron chi connectivity index (χ3n) is 4.48. The Morgan fingerprint density at radius 2 is 1.92 bits per heavy atom. The van der Waals surface area contributed by atoms with Crippen molar-refractivity contribution in [3.05, 3.63) is 48.4 Å². The van der Waals surface area contributed by atoms with Crippen molar-refractivity contribution in [2.45, 2.75) is 6.92 Å². The van der Waals surface area contributed by atoms with E-state index in [9.17, 15) is 4.79 Å². The highest BCUT2D eigenvalue weighted by molar-refractivity contribution is 5.92. The molecule has 1 N–H and O–H groups in total. The first-order valence-electron chi connectivity index (χ1n) is 8.68. The molecule has 8 heteroatoms. The molecule has 8 nitrogen and oxygen atoms in total. The lowest BCUT2D eigenvalue weighted by molar-refractivity contribution is -0.117. The average molecular weight is 351 g/mol. The second kappa shape index (κ2) is 7.09. The number of rotatable bonds is 4. The van der Waals surface area contributed by atoms with E-state index in [0.717, 1.165) is 43.4 Å². The molecule has 1 aliphatic rings. The van der Waals surface area contributed by atoms with Crippen LogP contribution in [0.25, 0.3) is 5.78 Å². The monoisotopic (exact) mass is 351 g/mol. The van der Waals surface area contributed by atoms with Crippen LogP contribution in [0.4, 0.5) is 11.5 Å². The number of hydrogen-bond acceptors (Lipinski definition) is 6. The van der Waals surface area contributed by atoms with Gasteiger partial charge in [-0.1, -0.05) is 18.2 Å². The van der Waals surface area contributed by atoms with Crippen LogP contribution in [0.3, 0.4) is 0 Å². The van der Waals surface area contributed by atoms with Gasteiger partial charge in [-0.3, -0.25) is 9.69 Å². The Morgan fingerprint density at radius 3 is 2.69 bits per heavy atom. The summed E-state index contributed by atoms with van der Waals surface area (Å²) >= 11 is 0. The molecule has 3 heterocycles. The Morgan fingerprint density at radius 1 is 1.15 bits per heavy atom. The van der Waals surface area contributed by atoms with Crippen LogP contribution in [0.15, 0.2) is 42.7 Å². The van der Waals surface area contributed by atoms with Crippen molar-refractivity contribution in [2.75, 3.05) is 42.9 Å². The molecule has 3 aromatic rings. The number of carbonyl (C=O) groups excluding carboxylic acids is 1. The summed E-state index contributed by atoms with van der Waals surface area (Å²) in [4.78, 5) is 25.2. The SMILES string of the molecule is Cc1cc(N2CCN(CC(=O)Nc3ccccc3)CC2)n2ncnc2n1. The molecular formula is C18H21N7O. The number of carbonyl (C=O) groups is 1. The standard InChI is InChI=1S/C18H21N7O/c1-14-11-17(25-18(21-14)19-13-20-25)24-9-7-23(8-10-24)12-16(26)22-15-5-3-2-4-6-15/h2-6,11,13H,7-10,12H2,1H3,(H,22,26). The first kappa shape index (κ1) is 16.5. The number of aryl methyl sites for hydroxylation is 1. The van der Waals surface area contributed by atoms with Gasteiger partial charge in [0.15, 0.2) is 0 Å². The number of nitrogens with one attached hydrogen (secondary N) is 1. The number of anilines is 2. The molecule has 1 fully saturated rings. The van der Waals surface area contributed by atoms with Gasteiger partial charge in [-0.25, -0.2) is 4.98 Å². The van der Waals surface area contributed by atoms with Gasteiger partial charge in [-0.15, -0.1) is 0 Å². The van der Waals surface area contributed by atoms with Crippen LogP contribution in [-0.2, 0) is 4.79 Å². The molecule has 0 aliphatic carbocycles. The van der Waals surface area contributed by atoms with Gasteiger partial charge in [0.2, 0.25) is 5.91 Å². The molecule has 0 unspecified atom stereocenters. The molecule has 26 heavy (non-hydrogen) atoms. The van der Waals surface area contributed by atoms with Gasteiger partial charge in [0.05, 0.1) is 6.54 Å². The van der Waals surface area contributed by atoms with Crippen molar-refractivity contribution < 1.29 is 4.79 Å². The van der Waals surface area contributed by atoms with Crippen molar-refractivity contribution in [3.63, 3.8) is 0 Å². The third kappa shape index (κ3) is 3.50. The number of piperazine rings is 1. The number of fused-ring (bicyclic) bond motifs is 1. The van der Waals surface area contributed by atoms with Crippen molar-refractivity contribution in [2.24, 2.45) is 0 Å². The fourth-order valence-electron chi connectivity index (χ4n) is 3.20. The minimum Gasteiger partial charge on any atom is -0.354 e. The molecule has 134 valence electrons. The van der Waals surface area contributed by atoms with E-state index in [1.165, 1.54) is 6.33 Å². The van der Waals surface area contributed by atoms with Gasteiger partial charge in [0, 0.05) is 43.6 Å². The van der Waals surface area contributed by atoms with Gasteiger partial charge in [0.25, 0.3) is 5.78 Å². The maximum absolute atomic E-state index is 12.2. The van der Waals surface area contributed by atoms with Crippen LogP contribution >= 0.6 is 0 Å². The number of amides is 1. The molecule has 0 spiro atoms. The van der Waals surface area contributed by atoms with E-state index in [2.05, 4.69) is 30.2 Å². The average Bonchev–Trinajstić information content (AvgIpc) is 3.11. The Labute approximate surface area is 151 Å². The van der Waals surface area contributed by atoms with Crippen molar-refractivity contribution in [3.8, 4) is 0 Å². The van der Waals surface area contributed by atoms with Gasteiger partial charge in [-0.2, -0.15) is 14.6 Å². The van der Waals surface area contributed by atoms with E-state index in [1.807, 2.05) is 43.3 Å². The molecule has 1 saturated heterocycles. The first-order chi connectivity index (χ1) is 12.7. The molecule has 2 aromatic heterocycles. The van der Waals surface area contributed by atoms with E-state index in [1.54, 1.807) is 4.52 Å². The summed E-state index contributed by atoms with van der Waals surface area (Å²) in [5, 5.41) is 7.21. The number of hydrogen-bond donors (Lipinski definition) is 1. The molecular weight excluding hydrogens is 330 g/mol. The van der Waals surface area contributed by atoms with Crippen LogP contribution in [0.5, 0.6) is 0 Å². The smallest absolute Gasteiger partial charge is 0.254 e. The lowest BCUT2D eigenvalue weighted by Gasteiger charge is -2.35. The van der Waals surface area contributed by atoms with Crippen molar-refractivity contribution in [1.29, 1.82) is 0 Å². The summed E-state index contributed by atoms with van der Waals surface area (Å²) in [5.41, 5.74) is 1.75. The van der Waals surface area contributed by atoms with Gasteiger partial charge < -0.3 is 10.2 Å². The number of nitrogens with zero attached hydrogens (tertiary/aromatic N) is 6. The normalized spacial score (nSPS) is 15.3. The maximum Gasteiger partial charge on any atom is 0.254 e. The summed E-state index contributed by atoms with van der Waals surface area (Å²) in [5.74, 6) is 1.63. The summed E-state index contributed by atoms with van der Waals surface area (Å²) in [7, 11) is 0. The summed E-state index contributed by atoms with van der Waals surface area (Å²) in [6.07, 6.45) is 1.52. The minimum atomic E-state index is 0.0167. The molecule has 4 rings (SSSR count). The van der Waals surface area contributed by atoms with Crippen LogP contribution in [0, 0.1) is 6.92 Å². The number of para-hydroxylation sites is 1. The summed E-state index contributed by atoms with van der Waals surface area (Å²) < 4.78 is 1.77. The van der Waals surface area contributed by atoms with E-state index < -0.39 is 0 Å². The Hall–Kier alpha value is -3.00. The molecule has 1 aliphatic heterocycles. The molecule has 0 saturated carbocycles. The van der Waals surface area contributed by atoms with Gasteiger partial charge in [-0.05, 0) is 19.1 Å². The zero-order valence-electron chi connectivity index (χ0n) is 14.7. The quantitative estimate of drug-likeness (QED) is 0.761. The third-order valence-corrected chi connectivity index (χ3v) is 4.48. The largest absolute Gasteiger partial charge is 0.354 e. The summed E-state index contributed by atoms with van der Waals surface area (Å²) in [6.45, 7) is 5.66. The first-order valence-corrected chi connectivity index (χ1v) is 8.68. The minimum absolute atomic E-state index is 0.0167. The van der Waals surface area contributed by atoms with E-state index in [4.69, 9.17) is 0 Å². The van der Waals surface area contributed by atoms with Crippen molar-refractivity contribution in [1.82, 2.24) is 24.5 Å². The molecule has 0 radical (unpaired) electrons. The zero-order chi connectivity index (χ0) is 17.9. The fraction of sp³-hybridized carbons (Fsp3) is 0.333. The predicted molar refractivity (Wildman–Crippen MR) is 99.2 cm³/mol. The number of benzene rings is 1. The maximum atomic E-state index is 12.2. The lowest BCUT2D eigenvalue weighted by Crippen LogP contribution is -2.49. The molecule has 1 amide bonds. The van der Waals surface area contributed by atoms with Crippen LogP contribution in [-0.4, -0.2) is 63.1 Å². The zero-order valence-corrected chi connectivity index (χ0v) is 14.7. The van der Waals surface area contributed by atoms with Gasteiger partial charge >= 0.3 is 0 Å². The van der Waals surface area contributed by atoms with Gasteiger partial charge in [0.1, 0.15) is 12.1 Å². The van der Waals surface area contributed by atoms with E-state index >= 15 is 0 Å². The van der Waals surface area contributed by atoms with Crippen LogP contribution in [0.1, 0.15) is 5.69 Å². The highest BCUT2D eigenvalue weighted by atomic mass is 16.2. The summed E-state index contributed by atoms with van der Waals surface area (Å²) in [6, 6.07) is 11.6. The van der Waals surface area contributed by atoms with E-state index in [0.29, 0.717) is 12.3 Å². The molecule has 1 aromatic carbocycles. The Bertz CT molecular complexity index is 900. The van der Waals surface area contributed by atoms with Crippen LogP contribution in [0.2, 0.25) is 0 Å². The van der Waals surface area contributed by atoms with Crippen LogP contribution < -0.4 is 10.2 Å². The second-order valence-corrected chi connectivity index (χ2v) is 6.40. The second-order valence-electron chi connectivity index (χ2n) is 6.40. The highest BCUT2D eigenvalue weighted by Crippen LogP contribution is 2.17. The topological polar surface area (TPSA) is 78.7 Å².